The molecule has 1 spiro atoms. The Bertz CT molecular complexity index is 1300. The number of esters is 1. The summed E-state index contributed by atoms with van der Waals surface area (Å²) >= 11 is 0. The van der Waals surface area contributed by atoms with E-state index >= 15 is 0 Å². The van der Waals surface area contributed by atoms with E-state index in [9.17, 15) is 4.79 Å². The number of carbonyl (C=O) groups excluding carboxylic acids is 1. The van der Waals surface area contributed by atoms with Crippen LogP contribution >= 0.6 is 0 Å². The third kappa shape index (κ3) is 2.87. The zero-order valence-corrected chi connectivity index (χ0v) is 18.6. The van der Waals surface area contributed by atoms with Crippen molar-refractivity contribution in [3.63, 3.8) is 0 Å². The molecule has 0 aromatic heterocycles. The molecule has 3 aromatic carbocycles. The largest absolute Gasteiger partial charge is 0.497 e. The average Bonchev–Trinajstić information content (AvgIpc) is 3.14. The Labute approximate surface area is 193 Å². The summed E-state index contributed by atoms with van der Waals surface area (Å²) in [6, 6.07) is 24.3. The first-order valence-electron chi connectivity index (χ1n) is 11.2. The van der Waals surface area contributed by atoms with Crippen molar-refractivity contribution in [3.05, 3.63) is 101 Å². The molecule has 3 aromatic rings. The Balaban J connectivity index is 1.55. The Morgan fingerprint density at radius 2 is 1.58 bits per heavy atom. The molecule has 7 rings (SSSR count). The Kier molecular flexibility index (Phi) is 4.44. The summed E-state index contributed by atoms with van der Waals surface area (Å²) < 4.78 is 16.7. The minimum Gasteiger partial charge on any atom is -0.497 e. The Hall–Kier alpha value is -3.79. The second-order valence-corrected chi connectivity index (χ2v) is 8.80. The molecule has 4 heteroatoms. The van der Waals surface area contributed by atoms with Gasteiger partial charge in [-0.15, -0.1) is 0 Å². The normalized spacial score (nSPS) is 25.8. The smallest absolute Gasteiger partial charge is 0.321 e. The maximum Gasteiger partial charge on any atom is 0.321 e. The minimum absolute atomic E-state index is 0.0754. The van der Waals surface area contributed by atoms with Crippen LogP contribution in [0.4, 0.5) is 0 Å². The molecular weight excluding hydrogens is 412 g/mol. The van der Waals surface area contributed by atoms with Crippen LogP contribution in [0, 0.1) is 5.41 Å². The van der Waals surface area contributed by atoms with Gasteiger partial charge in [0, 0.05) is 5.92 Å². The summed E-state index contributed by atoms with van der Waals surface area (Å²) in [6.45, 7) is 0. The van der Waals surface area contributed by atoms with Crippen LogP contribution in [0.5, 0.6) is 11.5 Å². The van der Waals surface area contributed by atoms with Crippen molar-refractivity contribution in [2.24, 2.45) is 5.41 Å². The highest BCUT2D eigenvalue weighted by atomic mass is 16.5. The highest BCUT2D eigenvalue weighted by molar-refractivity contribution is 6.09. The van der Waals surface area contributed by atoms with E-state index in [1.807, 2.05) is 54.6 Å². The summed E-state index contributed by atoms with van der Waals surface area (Å²) in [5.74, 6) is 1.53. The second kappa shape index (κ2) is 7.38. The number of hydrogen-bond acceptors (Lipinski definition) is 4. The summed E-state index contributed by atoms with van der Waals surface area (Å²) in [7, 11) is 3.32. The molecule has 1 fully saturated rings. The van der Waals surface area contributed by atoms with Crippen molar-refractivity contribution >= 4 is 23.2 Å². The molecule has 0 radical (unpaired) electrons. The van der Waals surface area contributed by atoms with Gasteiger partial charge in [-0.3, -0.25) is 4.79 Å². The van der Waals surface area contributed by atoms with Crippen molar-refractivity contribution in [2.75, 3.05) is 14.2 Å². The van der Waals surface area contributed by atoms with Crippen LogP contribution in [0.3, 0.4) is 0 Å². The zero-order chi connectivity index (χ0) is 22.6. The van der Waals surface area contributed by atoms with E-state index in [4.69, 9.17) is 14.2 Å². The molecule has 0 unspecified atom stereocenters. The maximum absolute atomic E-state index is 13.6. The molecule has 2 heterocycles. The highest BCUT2D eigenvalue weighted by Gasteiger charge is 2.62. The number of benzene rings is 3. The van der Waals surface area contributed by atoms with Crippen molar-refractivity contribution < 1.29 is 19.0 Å². The molecule has 4 nitrogen and oxygen atoms in total. The quantitative estimate of drug-likeness (QED) is 0.489. The highest BCUT2D eigenvalue weighted by Crippen LogP contribution is 2.65. The molecule has 33 heavy (non-hydrogen) atoms. The van der Waals surface area contributed by atoms with E-state index in [0.29, 0.717) is 0 Å². The van der Waals surface area contributed by atoms with Gasteiger partial charge in [0.15, 0.2) is 0 Å². The summed E-state index contributed by atoms with van der Waals surface area (Å²) in [6.07, 6.45) is 4.84. The van der Waals surface area contributed by atoms with Crippen LogP contribution in [0.15, 0.2) is 78.9 Å². The SMILES string of the molecule is COc1ccc(/C=C2\c3ccccc3[C@H]3C[C@@H]4OC(=O)[C@]23C=C4c2ccc(OC)cc2)cc1. The first-order chi connectivity index (χ1) is 16.1. The summed E-state index contributed by atoms with van der Waals surface area (Å²) in [4.78, 5) is 13.6. The molecule has 164 valence electrons. The summed E-state index contributed by atoms with van der Waals surface area (Å²) in [5.41, 5.74) is 5.69. The molecule has 1 saturated heterocycles. The minimum atomic E-state index is -0.826. The first-order valence-corrected chi connectivity index (χ1v) is 11.2. The Morgan fingerprint density at radius 3 is 2.27 bits per heavy atom. The van der Waals surface area contributed by atoms with Gasteiger partial charge < -0.3 is 14.2 Å². The molecule has 2 bridgehead atoms. The van der Waals surface area contributed by atoms with Gasteiger partial charge in [0.25, 0.3) is 0 Å². The lowest BCUT2D eigenvalue weighted by Crippen LogP contribution is -2.48. The van der Waals surface area contributed by atoms with Gasteiger partial charge in [0.05, 0.1) is 14.2 Å². The lowest BCUT2D eigenvalue weighted by atomic mass is 9.63. The van der Waals surface area contributed by atoms with Crippen LogP contribution in [0.25, 0.3) is 17.2 Å². The molecule has 0 amide bonds. The fourth-order valence-electron chi connectivity index (χ4n) is 5.64. The fourth-order valence-corrected chi connectivity index (χ4v) is 5.64. The fraction of sp³-hybridized carbons (Fsp3) is 0.207. The second-order valence-electron chi connectivity index (χ2n) is 8.80. The van der Waals surface area contributed by atoms with Crippen LogP contribution < -0.4 is 9.47 Å². The summed E-state index contributed by atoms with van der Waals surface area (Å²) in [5, 5.41) is 0. The Morgan fingerprint density at radius 1 is 0.909 bits per heavy atom. The van der Waals surface area contributed by atoms with Gasteiger partial charge >= 0.3 is 5.97 Å². The molecule has 3 atom stereocenters. The third-order valence-electron chi connectivity index (χ3n) is 7.24. The predicted octanol–water partition coefficient (Wildman–Crippen LogP) is 5.74. The van der Waals surface area contributed by atoms with Gasteiger partial charge in [0.1, 0.15) is 23.0 Å². The maximum atomic E-state index is 13.6. The average molecular weight is 437 g/mol. The molecule has 4 aliphatic rings. The molecular formula is C29H24O4. The van der Waals surface area contributed by atoms with E-state index in [1.165, 1.54) is 5.56 Å². The molecule has 2 aliphatic carbocycles. The van der Waals surface area contributed by atoms with Gasteiger partial charge in [0.2, 0.25) is 0 Å². The number of methoxy groups -OCH3 is 2. The van der Waals surface area contributed by atoms with Crippen LogP contribution in [0.2, 0.25) is 0 Å². The zero-order valence-electron chi connectivity index (χ0n) is 18.6. The standard InChI is InChI=1S/C29H24O4/c1-31-20-11-7-18(8-12-20)15-25-22-5-3-4-6-23(22)26-16-27-24(17-29(25,26)28(30)33-27)19-9-13-21(32-2)14-10-19/h3-15,17,26-27H,16H2,1-2H3/b25-15+/t26-,27+,29-/m1/s1. The van der Waals surface area contributed by atoms with E-state index in [0.717, 1.165) is 45.8 Å². The van der Waals surface area contributed by atoms with Crippen LogP contribution in [-0.4, -0.2) is 26.3 Å². The number of hydrogen-bond donors (Lipinski definition) is 0. The molecule has 0 N–H and O–H groups in total. The monoisotopic (exact) mass is 436 g/mol. The van der Waals surface area contributed by atoms with Crippen molar-refractivity contribution in [1.29, 1.82) is 0 Å². The van der Waals surface area contributed by atoms with Crippen molar-refractivity contribution in [3.8, 4) is 11.5 Å². The van der Waals surface area contributed by atoms with E-state index < -0.39 is 5.41 Å². The third-order valence-corrected chi connectivity index (χ3v) is 7.24. The topological polar surface area (TPSA) is 44.8 Å². The van der Waals surface area contributed by atoms with Gasteiger partial charge in [-0.25, -0.2) is 0 Å². The van der Waals surface area contributed by atoms with Crippen molar-refractivity contribution in [1.82, 2.24) is 0 Å². The van der Waals surface area contributed by atoms with Gasteiger partial charge in [-0.2, -0.15) is 0 Å². The van der Waals surface area contributed by atoms with E-state index in [2.05, 4.69) is 30.4 Å². The van der Waals surface area contributed by atoms with Crippen molar-refractivity contribution in [2.45, 2.75) is 18.4 Å². The van der Waals surface area contributed by atoms with Crippen LogP contribution in [-0.2, 0) is 9.53 Å². The lowest BCUT2D eigenvalue weighted by Gasteiger charge is -2.46. The lowest BCUT2D eigenvalue weighted by molar-refractivity contribution is -0.161. The number of ether oxygens (including phenoxy) is 3. The molecule has 2 aliphatic heterocycles. The first kappa shape index (κ1) is 19.9. The van der Waals surface area contributed by atoms with Gasteiger partial charge in [-0.1, -0.05) is 54.6 Å². The van der Waals surface area contributed by atoms with Gasteiger partial charge in [-0.05, 0) is 70.2 Å². The number of carbonyl (C=O) groups is 1. The van der Waals surface area contributed by atoms with Crippen LogP contribution in [0.1, 0.15) is 34.6 Å². The molecule has 0 saturated carbocycles. The van der Waals surface area contributed by atoms with E-state index in [1.54, 1.807) is 14.2 Å². The predicted molar refractivity (Wildman–Crippen MR) is 128 cm³/mol. The number of rotatable bonds is 4. The number of fused-ring (bicyclic) bond motifs is 2. The van der Waals surface area contributed by atoms with E-state index in [-0.39, 0.29) is 18.0 Å².